The minimum absolute atomic E-state index is 0.0342. The van der Waals surface area contributed by atoms with Gasteiger partial charge in [0, 0.05) is 26.2 Å². The van der Waals surface area contributed by atoms with Gasteiger partial charge in [0.05, 0.1) is 18.0 Å². The van der Waals surface area contributed by atoms with Gasteiger partial charge in [-0.25, -0.2) is 0 Å². The van der Waals surface area contributed by atoms with Crippen molar-refractivity contribution in [1.29, 1.82) is 0 Å². The number of alkyl halides is 3. The highest BCUT2D eigenvalue weighted by molar-refractivity contribution is 7.98. The summed E-state index contributed by atoms with van der Waals surface area (Å²) >= 11 is 1.68. The van der Waals surface area contributed by atoms with Crippen molar-refractivity contribution in [3.8, 4) is 0 Å². The highest BCUT2D eigenvalue weighted by Gasteiger charge is 2.36. The first-order valence-corrected chi connectivity index (χ1v) is 10.1. The number of benzene rings is 1. The lowest BCUT2D eigenvalue weighted by Crippen LogP contribution is -2.56. The van der Waals surface area contributed by atoms with E-state index in [-0.39, 0.29) is 30.3 Å². The van der Waals surface area contributed by atoms with Crippen LogP contribution in [0.15, 0.2) is 24.3 Å². The third-order valence-corrected chi connectivity index (χ3v) is 5.06. The molecule has 0 spiro atoms. The maximum absolute atomic E-state index is 13.2. The van der Waals surface area contributed by atoms with Crippen LogP contribution in [0.4, 0.5) is 13.2 Å². The van der Waals surface area contributed by atoms with Gasteiger partial charge in [-0.2, -0.15) is 24.9 Å². The number of rotatable bonds is 8. The smallest absolute Gasteiger partial charge is 0.356 e. The van der Waals surface area contributed by atoms with Crippen molar-refractivity contribution in [2.45, 2.75) is 31.6 Å². The van der Waals surface area contributed by atoms with Gasteiger partial charge in [0.15, 0.2) is 0 Å². The van der Waals surface area contributed by atoms with E-state index in [0.29, 0.717) is 19.6 Å². The quantitative estimate of drug-likeness (QED) is 0.654. The molecule has 150 valence electrons. The number of carbonyl (C=O) groups is 2. The van der Waals surface area contributed by atoms with Crippen LogP contribution < -0.4 is 10.6 Å². The topological polar surface area (TPSA) is 61.4 Å². The monoisotopic (exact) mass is 403 g/mol. The molecule has 2 amide bonds. The fourth-order valence-electron chi connectivity index (χ4n) is 3.02. The van der Waals surface area contributed by atoms with Gasteiger partial charge in [-0.3, -0.25) is 14.5 Å². The maximum Gasteiger partial charge on any atom is 0.416 e. The number of amides is 2. The molecule has 0 aromatic heterocycles. The average molecular weight is 403 g/mol. The molecular weight excluding hydrogens is 379 g/mol. The summed E-state index contributed by atoms with van der Waals surface area (Å²) in [5, 5.41) is 5.45. The molecule has 0 saturated carbocycles. The predicted octanol–water partition coefficient (Wildman–Crippen LogP) is 2.27. The molecule has 2 rings (SSSR count). The van der Waals surface area contributed by atoms with E-state index < -0.39 is 17.8 Å². The molecule has 1 saturated heterocycles. The van der Waals surface area contributed by atoms with E-state index in [1.165, 1.54) is 12.1 Å². The van der Waals surface area contributed by atoms with Crippen LogP contribution in [0.3, 0.4) is 0 Å². The Morgan fingerprint density at radius 1 is 1.37 bits per heavy atom. The molecule has 1 fully saturated rings. The molecule has 5 nitrogen and oxygen atoms in total. The van der Waals surface area contributed by atoms with Crippen molar-refractivity contribution >= 4 is 23.6 Å². The zero-order valence-corrected chi connectivity index (χ0v) is 16.0. The maximum atomic E-state index is 13.2. The lowest BCUT2D eigenvalue weighted by atomic mass is 10.0. The number of hydrogen-bond acceptors (Lipinski definition) is 4. The Labute approximate surface area is 161 Å². The van der Waals surface area contributed by atoms with Gasteiger partial charge in [-0.1, -0.05) is 18.2 Å². The van der Waals surface area contributed by atoms with Crippen LogP contribution in [-0.4, -0.2) is 54.4 Å². The van der Waals surface area contributed by atoms with Crippen molar-refractivity contribution in [1.82, 2.24) is 15.5 Å². The molecule has 1 atom stereocenters. The fourth-order valence-corrected chi connectivity index (χ4v) is 3.45. The van der Waals surface area contributed by atoms with Crippen molar-refractivity contribution in [2.24, 2.45) is 0 Å². The summed E-state index contributed by atoms with van der Waals surface area (Å²) in [6.07, 6.45) is -1.73. The summed E-state index contributed by atoms with van der Waals surface area (Å²) in [5.41, 5.74) is -0.610. The summed E-state index contributed by atoms with van der Waals surface area (Å²) in [4.78, 5) is 26.0. The van der Waals surface area contributed by atoms with Gasteiger partial charge in [-0.15, -0.1) is 0 Å². The summed E-state index contributed by atoms with van der Waals surface area (Å²) in [6.45, 7) is 1.22. The summed E-state index contributed by atoms with van der Waals surface area (Å²) < 4.78 is 39.7. The van der Waals surface area contributed by atoms with Gasteiger partial charge < -0.3 is 10.6 Å². The minimum Gasteiger partial charge on any atom is -0.356 e. The van der Waals surface area contributed by atoms with E-state index in [1.54, 1.807) is 22.7 Å². The molecule has 1 aliphatic rings. The SMILES string of the molecule is CSCCCNC(=O)CC1C(=O)NCCN1Cc1ccccc1C(F)(F)F. The number of nitrogens with zero attached hydrogens (tertiary/aromatic N) is 1. The highest BCUT2D eigenvalue weighted by atomic mass is 32.2. The largest absolute Gasteiger partial charge is 0.416 e. The molecule has 1 heterocycles. The Morgan fingerprint density at radius 2 is 2.11 bits per heavy atom. The molecule has 0 aliphatic carbocycles. The van der Waals surface area contributed by atoms with E-state index in [1.807, 2.05) is 6.26 Å². The van der Waals surface area contributed by atoms with Gasteiger partial charge in [0.25, 0.3) is 0 Å². The second kappa shape index (κ2) is 9.98. The van der Waals surface area contributed by atoms with Crippen LogP contribution >= 0.6 is 11.8 Å². The third kappa shape index (κ3) is 6.42. The standard InChI is InChI=1S/C18H24F3N3O2S/c1-27-10-4-7-22-16(25)11-15-17(26)23-8-9-24(15)12-13-5-2-3-6-14(13)18(19,20)21/h2-3,5-6,15H,4,7-12H2,1H3,(H,22,25)(H,23,26). The molecule has 1 unspecified atom stereocenters. The van der Waals surface area contributed by atoms with E-state index in [4.69, 9.17) is 0 Å². The first-order chi connectivity index (χ1) is 12.8. The zero-order valence-electron chi connectivity index (χ0n) is 15.1. The van der Waals surface area contributed by atoms with Crippen molar-refractivity contribution in [2.75, 3.05) is 31.6 Å². The number of halogens is 3. The summed E-state index contributed by atoms with van der Waals surface area (Å²) in [6, 6.07) is 4.55. The van der Waals surface area contributed by atoms with E-state index in [0.717, 1.165) is 18.2 Å². The lowest BCUT2D eigenvalue weighted by molar-refractivity contribution is -0.139. The van der Waals surface area contributed by atoms with Crippen LogP contribution in [0.1, 0.15) is 24.0 Å². The van der Waals surface area contributed by atoms with Crippen LogP contribution in [0, 0.1) is 0 Å². The Hall–Kier alpha value is -1.74. The normalized spacial score (nSPS) is 18.2. The predicted molar refractivity (Wildman–Crippen MR) is 99.3 cm³/mol. The number of hydrogen-bond donors (Lipinski definition) is 2. The van der Waals surface area contributed by atoms with E-state index in [2.05, 4.69) is 10.6 Å². The number of carbonyl (C=O) groups excluding carboxylic acids is 2. The molecule has 2 N–H and O–H groups in total. The first kappa shape index (κ1) is 21.6. The first-order valence-electron chi connectivity index (χ1n) is 8.75. The van der Waals surface area contributed by atoms with Crippen molar-refractivity contribution in [3.63, 3.8) is 0 Å². The van der Waals surface area contributed by atoms with Crippen LogP contribution in [0.5, 0.6) is 0 Å². The Morgan fingerprint density at radius 3 is 2.81 bits per heavy atom. The lowest BCUT2D eigenvalue weighted by Gasteiger charge is -2.35. The molecule has 1 aromatic carbocycles. The Bertz CT molecular complexity index is 655. The molecule has 27 heavy (non-hydrogen) atoms. The summed E-state index contributed by atoms with van der Waals surface area (Å²) in [7, 11) is 0. The van der Waals surface area contributed by atoms with Crippen LogP contribution in [-0.2, 0) is 22.3 Å². The molecule has 0 radical (unpaired) electrons. The minimum atomic E-state index is -4.46. The third-order valence-electron chi connectivity index (χ3n) is 4.36. The number of piperazine rings is 1. The number of nitrogens with one attached hydrogen (secondary N) is 2. The molecule has 1 aliphatic heterocycles. The molecule has 9 heteroatoms. The van der Waals surface area contributed by atoms with Gasteiger partial charge >= 0.3 is 6.18 Å². The van der Waals surface area contributed by atoms with Crippen LogP contribution in [0.25, 0.3) is 0 Å². The van der Waals surface area contributed by atoms with Crippen LogP contribution in [0.2, 0.25) is 0 Å². The van der Waals surface area contributed by atoms with Crippen molar-refractivity contribution in [3.05, 3.63) is 35.4 Å². The number of thioether (sulfide) groups is 1. The molecule has 1 aromatic rings. The highest BCUT2D eigenvalue weighted by Crippen LogP contribution is 2.32. The Kier molecular flexibility index (Phi) is 7.97. The average Bonchev–Trinajstić information content (AvgIpc) is 2.61. The van der Waals surface area contributed by atoms with E-state index >= 15 is 0 Å². The van der Waals surface area contributed by atoms with Gasteiger partial charge in [0.2, 0.25) is 11.8 Å². The molecule has 0 bridgehead atoms. The fraction of sp³-hybridized carbons (Fsp3) is 0.556. The van der Waals surface area contributed by atoms with E-state index in [9.17, 15) is 22.8 Å². The second-order valence-electron chi connectivity index (χ2n) is 6.33. The van der Waals surface area contributed by atoms with Gasteiger partial charge in [-0.05, 0) is 30.1 Å². The second-order valence-corrected chi connectivity index (χ2v) is 7.32. The zero-order chi connectivity index (χ0) is 19.9. The molecular formula is C18H24F3N3O2S. The Balaban J connectivity index is 2.06. The summed E-state index contributed by atoms with van der Waals surface area (Å²) in [5.74, 6) is 0.321. The van der Waals surface area contributed by atoms with Crippen molar-refractivity contribution < 1.29 is 22.8 Å². The van der Waals surface area contributed by atoms with Gasteiger partial charge in [0.1, 0.15) is 0 Å².